The molecule has 0 aliphatic heterocycles. The van der Waals surface area contributed by atoms with E-state index in [1.807, 2.05) is 30.3 Å². The van der Waals surface area contributed by atoms with Crippen LogP contribution in [-0.4, -0.2) is 30.1 Å². The summed E-state index contributed by atoms with van der Waals surface area (Å²) in [5.74, 6) is -1.24. The zero-order valence-corrected chi connectivity index (χ0v) is 17.2. The van der Waals surface area contributed by atoms with Crippen LogP contribution in [0.1, 0.15) is 56.0 Å². The minimum atomic E-state index is -0.639. The summed E-state index contributed by atoms with van der Waals surface area (Å²) in [4.78, 5) is 37.0. The van der Waals surface area contributed by atoms with Gasteiger partial charge in [-0.15, -0.1) is 0 Å². The number of rotatable bonds is 7. The average molecular weight is 397 g/mol. The summed E-state index contributed by atoms with van der Waals surface area (Å²) in [5.41, 5.74) is 1.10. The lowest BCUT2D eigenvalue weighted by atomic mass is 9.88. The number of anilines is 1. The molecule has 0 spiro atoms. The molecule has 2 rings (SSSR count). The van der Waals surface area contributed by atoms with Gasteiger partial charge in [0.25, 0.3) is 0 Å². The van der Waals surface area contributed by atoms with Gasteiger partial charge in [-0.25, -0.2) is 4.79 Å². The van der Waals surface area contributed by atoms with E-state index in [-0.39, 0.29) is 18.8 Å². The Balaban J connectivity index is 2.16. The van der Waals surface area contributed by atoms with Crippen LogP contribution in [-0.2, 0) is 14.3 Å². The first kappa shape index (κ1) is 22.1. The summed E-state index contributed by atoms with van der Waals surface area (Å²) in [5, 5.41) is 2.63. The number of carbonyl (C=O) groups is 3. The number of hydrogen-bond donors (Lipinski definition) is 1. The first-order valence-electron chi connectivity index (χ1n) is 9.54. The van der Waals surface area contributed by atoms with Crippen molar-refractivity contribution >= 4 is 23.5 Å². The van der Waals surface area contributed by atoms with Gasteiger partial charge in [-0.3, -0.25) is 14.9 Å². The molecule has 29 heavy (non-hydrogen) atoms. The summed E-state index contributed by atoms with van der Waals surface area (Å²) in [6.07, 6.45) is -0.602. The van der Waals surface area contributed by atoms with Crippen LogP contribution < -0.4 is 5.32 Å². The van der Waals surface area contributed by atoms with Gasteiger partial charge in [0.15, 0.2) is 5.78 Å². The Morgan fingerprint density at radius 1 is 0.966 bits per heavy atom. The fourth-order valence-electron chi connectivity index (χ4n) is 2.77. The van der Waals surface area contributed by atoms with E-state index in [0.29, 0.717) is 11.3 Å². The highest BCUT2D eigenvalue weighted by Crippen LogP contribution is 2.26. The number of nitrogens with one attached hydrogen (secondary N) is 1. The van der Waals surface area contributed by atoms with Gasteiger partial charge in [-0.2, -0.15) is 0 Å². The highest BCUT2D eigenvalue weighted by Gasteiger charge is 2.25. The number of ether oxygens (including phenoxy) is 2. The van der Waals surface area contributed by atoms with Crippen LogP contribution in [0.15, 0.2) is 54.6 Å². The molecule has 2 aromatic carbocycles. The third-order valence-corrected chi connectivity index (χ3v) is 4.01. The summed E-state index contributed by atoms with van der Waals surface area (Å²) in [7, 11) is 0. The number of Topliss-reactive ketones (excluding diaryl/α,β-unsaturated/α-hetero) is 1. The molecule has 6 heteroatoms. The third kappa shape index (κ3) is 7.07. The molecule has 154 valence electrons. The van der Waals surface area contributed by atoms with E-state index in [2.05, 4.69) is 5.32 Å². The molecule has 2 aromatic rings. The molecule has 0 saturated carbocycles. The minimum Gasteiger partial charge on any atom is -0.466 e. The van der Waals surface area contributed by atoms with E-state index in [0.717, 1.165) is 5.56 Å². The molecule has 0 bridgehead atoms. The van der Waals surface area contributed by atoms with Crippen LogP contribution in [0, 0.1) is 0 Å². The van der Waals surface area contributed by atoms with Crippen molar-refractivity contribution in [2.75, 3.05) is 11.9 Å². The van der Waals surface area contributed by atoms with Crippen LogP contribution in [0.4, 0.5) is 10.5 Å². The minimum absolute atomic E-state index is 0.0331. The maximum Gasteiger partial charge on any atom is 0.412 e. The van der Waals surface area contributed by atoms with Gasteiger partial charge in [0.05, 0.1) is 18.9 Å². The number of ketones is 1. The normalized spacial score (nSPS) is 12.0. The molecule has 6 nitrogen and oxygen atoms in total. The van der Waals surface area contributed by atoms with Crippen molar-refractivity contribution < 1.29 is 23.9 Å². The van der Waals surface area contributed by atoms with E-state index in [1.54, 1.807) is 52.0 Å². The highest BCUT2D eigenvalue weighted by molar-refractivity contribution is 6.03. The Labute approximate surface area is 171 Å². The van der Waals surface area contributed by atoms with Crippen molar-refractivity contribution in [3.05, 3.63) is 65.7 Å². The van der Waals surface area contributed by atoms with Gasteiger partial charge in [0.1, 0.15) is 5.60 Å². The molecule has 0 saturated heterocycles. The van der Waals surface area contributed by atoms with Gasteiger partial charge in [-0.1, -0.05) is 30.3 Å². The van der Waals surface area contributed by atoms with Crippen molar-refractivity contribution in [3.8, 4) is 0 Å². The van der Waals surface area contributed by atoms with Crippen molar-refractivity contribution in [1.29, 1.82) is 0 Å². The van der Waals surface area contributed by atoms with E-state index in [4.69, 9.17) is 9.47 Å². The van der Waals surface area contributed by atoms with E-state index >= 15 is 0 Å². The van der Waals surface area contributed by atoms with Crippen LogP contribution in [0.2, 0.25) is 0 Å². The number of esters is 1. The van der Waals surface area contributed by atoms with Crippen molar-refractivity contribution in [3.63, 3.8) is 0 Å². The molecular weight excluding hydrogens is 370 g/mol. The van der Waals surface area contributed by atoms with Gasteiger partial charge >= 0.3 is 12.1 Å². The summed E-state index contributed by atoms with van der Waals surface area (Å²) in [6, 6.07) is 15.6. The highest BCUT2D eigenvalue weighted by atomic mass is 16.6. The Bertz CT molecular complexity index is 838. The molecule has 1 N–H and O–H groups in total. The molecule has 1 atom stereocenters. The Hall–Kier alpha value is -3.15. The average Bonchev–Trinajstić information content (AvgIpc) is 2.65. The number of carbonyl (C=O) groups excluding carboxylic acids is 3. The largest absolute Gasteiger partial charge is 0.466 e. The fourth-order valence-corrected chi connectivity index (χ4v) is 2.77. The van der Waals surface area contributed by atoms with Crippen molar-refractivity contribution in [2.45, 2.75) is 45.6 Å². The molecule has 0 aliphatic carbocycles. The molecule has 1 unspecified atom stereocenters. The lowest BCUT2D eigenvalue weighted by Crippen LogP contribution is -2.27. The molecular formula is C23H27NO5. The van der Waals surface area contributed by atoms with Gasteiger partial charge < -0.3 is 9.47 Å². The Kier molecular flexibility index (Phi) is 7.53. The lowest BCUT2D eigenvalue weighted by Gasteiger charge is -2.20. The molecule has 0 aliphatic rings. The first-order valence-corrected chi connectivity index (χ1v) is 9.54. The topological polar surface area (TPSA) is 81.7 Å². The van der Waals surface area contributed by atoms with Crippen LogP contribution in [0.3, 0.4) is 0 Å². The second kappa shape index (κ2) is 9.87. The second-order valence-electron chi connectivity index (χ2n) is 7.54. The van der Waals surface area contributed by atoms with E-state index in [9.17, 15) is 14.4 Å². The van der Waals surface area contributed by atoms with Gasteiger partial charge in [-0.05, 0) is 57.5 Å². The molecule has 0 radical (unpaired) electrons. The maximum atomic E-state index is 13.1. The first-order chi connectivity index (χ1) is 13.7. The van der Waals surface area contributed by atoms with E-state index < -0.39 is 23.6 Å². The predicted molar refractivity (Wildman–Crippen MR) is 111 cm³/mol. The van der Waals surface area contributed by atoms with Crippen LogP contribution >= 0.6 is 0 Å². The molecule has 0 heterocycles. The monoisotopic (exact) mass is 397 g/mol. The quantitative estimate of drug-likeness (QED) is 0.528. The Morgan fingerprint density at radius 2 is 1.59 bits per heavy atom. The predicted octanol–water partition coefficient (Wildman–Crippen LogP) is 4.95. The van der Waals surface area contributed by atoms with Crippen LogP contribution in [0.25, 0.3) is 0 Å². The third-order valence-electron chi connectivity index (χ3n) is 4.01. The standard InChI is InChI=1S/C23H27NO5/c1-5-28-20(25)15-19(16-9-7-6-8-10-16)21(26)17-11-13-18(14-12-17)24-22(27)29-23(2,3)4/h6-14,19H,5,15H2,1-4H3,(H,24,27). The molecule has 0 fully saturated rings. The van der Waals surface area contributed by atoms with E-state index in [1.165, 1.54) is 0 Å². The number of benzene rings is 2. The zero-order valence-electron chi connectivity index (χ0n) is 17.2. The van der Waals surface area contributed by atoms with Crippen LogP contribution in [0.5, 0.6) is 0 Å². The lowest BCUT2D eigenvalue weighted by molar-refractivity contribution is -0.143. The number of hydrogen-bond acceptors (Lipinski definition) is 5. The molecule has 1 amide bonds. The summed E-state index contributed by atoms with van der Waals surface area (Å²) in [6.45, 7) is 7.33. The fraction of sp³-hybridized carbons (Fsp3) is 0.348. The Morgan fingerprint density at radius 3 is 2.14 bits per heavy atom. The number of amides is 1. The maximum absolute atomic E-state index is 13.1. The zero-order chi connectivity index (χ0) is 21.4. The summed E-state index contributed by atoms with van der Waals surface area (Å²) >= 11 is 0. The van der Waals surface area contributed by atoms with Gasteiger partial charge in [0.2, 0.25) is 0 Å². The van der Waals surface area contributed by atoms with Crippen molar-refractivity contribution in [2.24, 2.45) is 0 Å². The molecule has 0 aromatic heterocycles. The van der Waals surface area contributed by atoms with Crippen molar-refractivity contribution in [1.82, 2.24) is 0 Å². The second-order valence-corrected chi connectivity index (χ2v) is 7.54. The SMILES string of the molecule is CCOC(=O)CC(C(=O)c1ccc(NC(=O)OC(C)(C)C)cc1)c1ccccc1. The summed E-state index contributed by atoms with van der Waals surface area (Å²) < 4.78 is 10.2. The smallest absolute Gasteiger partial charge is 0.412 e. The van der Waals surface area contributed by atoms with Gasteiger partial charge in [0, 0.05) is 11.3 Å².